The van der Waals surface area contributed by atoms with E-state index >= 15 is 0 Å². The molecule has 2 heterocycles. The number of aromatic nitrogens is 1. The highest BCUT2D eigenvalue weighted by atomic mass is 32.1. The van der Waals surface area contributed by atoms with Crippen molar-refractivity contribution in [2.75, 3.05) is 13.6 Å². The molecule has 132 valence electrons. The molecule has 0 aliphatic carbocycles. The summed E-state index contributed by atoms with van der Waals surface area (Å²) in [4.78, 5) is 5.53. The van der Waals surface area contributed by atoms with E-state index in [9.17, 15) is 0 Å². The second kappa shape index (κ2) is 9.61. The summed E-state index contributed by atoms with van der Waals surface area (Å²) in [6.45, 7) is 2.93. The van der Waals surface area contributed by atoms with Gasteiger partial charge in [0, 0.05) is 23.2 Å². The molecule has 1 aromatic carbocycles. The lowest BCUT2D eigenvalue weighted by atomic mass is 10.1. The molecule has 1 N–H and O–H groups in total. The van der Waals surface area contributed by atoms with Crippen LogP contribution in [0.15, 0.2) is 60.1 Å². The van der Waals surface area contributed by atoms with Gasteiger partial charge < -0.3 is 10.1 Å². The summed E-state index contributed by atoms with van der Waals surface area (Å²) in [6, 6.07) is 16.6. The van der Waals surface area contributed by atoms with Crippen LogP contribution in [0.25, 0.3) is 11.1 Å². The zero-order chi connectivity index (χ0) is 16.8. The Balaban J connectivity index is 0.00000225. The lowest BCUT2D eigenvalue weighted by Gasteiger charge is -2.18. The van der Waals surface area contributed by atoms with Crippen molar-refractivity contribution in [3.63, 3.8) is 0 Å². The van der Waals surface area contributed by atoms with Gasteiger partial charge in [-0.05, 0) is 67.4 Å². The smallest absolute Gasteiger partial charge is 0.134 e. The Morgan fingerprint density at radius 3 is 2.68 bits per heavy atom. The minimum atomic E-state index is 0. The van der Waals surface area contributed by atoms with Crippen molar-refractivity contribution < 1.29 is 4.74 Å². The first-order chi connectivity index (χ1) is 11.8. The molecule has 25 heavy (non-hydrogen) atoms. The highest BCUT2D eigenvalue weighted by Crippen LogP contribution is 2.30. The minimum absolute atomic E-state index is 0. The lowest BCUT2D eigenvalue weighted by Crippen LogP contribution is -2.15. The molecule has 0 aliphatic heterocycles. The fourth-order valence-corrected chi connectivity index (χ4v) is 3.44. The summed E-state index contributed by atoms with van der Waals surface area (Å²) in [5, 5.41) is 5.31. The topological polar surface area (TPSA) is 34.1 Å². The predicted octanol–water partition coefficient (Wildman–Crippen LogP) is 4.96. The van der Waals surface area contributed by atoms with Gasteiger partial charge in [-0.25, -0.2) is 0 Å². The molecule has 0 saturated carbocycles. The lowest BCUT2D eigenvalue weighted by molar-refractivity contribution is 0.199. The van der Waals surface area contributed by atoms with Crippen LogP contribution in [0, 0.1) is 6.92 Å². The third-order valence-electron chi connectivity index (χ3n) is 3.86. The molecule has 0 amide bonds. The maximum absolute atomic E-state index is 6.31. The number of hydrogen-bond acceptors (Lipinski definition) is 4. The summed E-state index contributed by atoms with van der Waals surface area (Å²) in [6.07, 6.45) is 2.86. The number of nitrogens with one attached hydrogen (secondary N) is 1. The normalized spacial score (nSPS) is 11.6. The van der Waals surface area contributed by atoms with E-state index in [0.717, 1.165) is 35.5 Å². The second-order valence-electron chi connectivity index (χ2n) is 5.73. The molecule has 0 spiro atoms. The Hall–Kier alpha value is -1.82. The highest BCUT2D eigenvalue weighted by Gasteiger charge is 2.14. The van der Waals surface area contributed by atoms with Crippen LogP contribution < -0.4 is 10.1 Å². The van der Waals surface area contributed by atoms with Crippen molar-refractivity contribution >= 4 is 24.8 Å². The largest absolute Gasteiger partial charge is 0.485 e. The average Bonchev–Trinajstić information content (AvgIpc) is 3.13. The first-order valence-electron chi connectivity index (χ1n) is 8.14. The van der Waals surface area contributed by atoms with Gasteiger partial charge in [-0.2, -0.15) is 13.5 Å². The Kier molecular flexibility index (Phi) is 7.50. The molecule has 1 atom stereocenters. The van der Waals surface area contributed by atoms with Crippen LogP contribution in [0.1, 0.15) is 23.1 Å². The van der Waals surface area contributed by atoms with Gasteiger partial charge in [0.1, 0.15) is 11.9 Å². The van der Waals surface area contributed by atoms with Gasteiger partial charge >= 0.3 is 0 Å². The van der Waals surface area contributed by atoms with Crippen molar-refractivity contribution in [2.24, 2.45) is 0 Å². The van der Waals surface area contributed by atoms with Gasteiger partial charge in [0.25, 0.3) is 0 Å². The third-order valence-corrected chi connectivity index (χ3v) is 4.82. The molecular weight excluding hydrogens is 348 g/mol. The van der Waals surface area contributed by atoms with E-state index in [-0.39, 0.29) is 19.6 Å². The van der Waals surface area contributed by atoms with Crippen LogP contribution in [-0.2, 0) is 0 Å². The first kappa shape index (κ1) is 19.5. The van der Waals surface area contributed by atoms with E-state index in [1.54, 1.807) is 11.3 Å². The third kappa shape index (κ3) is 5.33. The maximum Gasteiger partial charge on any atom is 0.134 e. The van der Waals surface area contributed by atoms with Crippen molar-refractivity contribution in [1.29, 1.82) is 0 Å². The van der Waals surface area contributed by atoms with Crippen molar-refractivity contribution in [2.45, 2.75) is 19.4 Å². The number of benzene rings is 1. The quantitative estimate of drug-likeness (QED) is 0.636. The zero-order valence-electron chi connectivity index (χ0n) is 14.5. The number of thiophene rings is 1. The van der Waals surface area contributed by atoms with Gasteiger partial charge in [-0.15, -0.1) is 11.3 Å². The van der Waals surface area contributed by atoms with Crippen LogP contribution in [0.5, 0.6) is 5.75 Å². The summed E-state index contributed by atoms with van der Waals surface area (Å²) in [7, 11) is 1.97. The number of rotatable bonds is 7. The molecule has 5 heteroatoms. The Labute approximate surface area is 160 Å². The summed E-state index contributed by atoms with van der Waals surface area (Å²) >= 11 is 1.74. The molecule has 0 bridgehead atoms. The number of hydrogen-bond donors (Lipinski definition) is 1. The van der Waals surface area contributed by atoms with Crippen LogP contribution >= 0.6 is 24.8 Å². The molecule has 3 aromatic rings. The van der Waals surface area contributed by atoms with Gasteiger partial charge in [-0.3, -0.25) is 4.98 Å². The number of nitrogens with zero attached hydrogens (tertiary/aromatic N) is 1. The fourth-order valence-electron chi connectivity index (χ4n) is 2.65. The van der Waals surface area contributed by atoms with E-state index in [0.29, 0.717) is 0 Å². The van der Waals surface area contributed by atoms with Crippen LogP contribution in [0.2, 0.25) is 0 Å². The van der Waals surface area contributed by atoms with E-state index in [2.05, 4.69) is 46.0 Å². The van der Waals surface area contributed by atoms with E-state index in [1.165, 1.54) is 4.88 Å². The van der Waals surface area contributed by atoms with Crippen LogP contribution in [0.3, 0.4) is 0 Å². The SMILES string of the molecule is CNCC[C@H](Oc1cccc(-c2ccnc(C)c2)c1)c1cccs1.S. The molecule has 2 aromatic heterocycles. The van der Waals surface area contributed by atoms with Crippen molar-refractivity contribution in [1.82, 2.24) is 10.3 Å². The molecule has 3 rings (SSSR count). The van der Waals surface area contributed by atoms with Gasteiger partial charge in [-0.1, -0.05) is 18.2 Å². The number of aryl methyl sites for hydroxylation is 1. The summed E-state index contributed by atoms with van der Waals surface area (Å²) in [5.74, 6) is 0.900. The molecule has 0 fully saturated rings. The average molecular weight is 373 g/mol. The van der Waals surface area contributed by atoms with Crippen LogP contribution in [-0.4, -0.2) is 18.6 Å². The minimum Gasteiger partial charge on any atom is -0.485 e. The molecular formula is C20H24N2OS2. The predicted molar refractivity (Wildman–Crippen MR) is 111 cm³/mol. The van der Waals surface area contributed by atoms with Crippen molar-refractivity contribution in [3.05, 3.63) is 70.7 Å². The highest BCUT2D eigenvalue weighted by molar-refractivity contribution is 7.59. The monoisotopic (exact) mass is 372 g/mol. The standard InChI is InChI=1S/C20H22N2OS.H2S/c1-15-13-17(8-11-22-15)16-5-3-6-18(14-16)23-19(9-10-21-2)20-7-4-12-24-20;/h3-8,11-14,19,21H,9-10H2,1-2H3;1H2/t19-;/m0./s1. The molecule has 3 nitrogen and oxygen atoms in total. The maximum atomic E-state index is 6.31. The Morgan fingerprint density at radius 2 is 1.96 bits per heavy atom. The Morgan fingerprint density at radius 1 is 1.12 bits per heavy atom. The molecule has 0 saturated heterocycles. The second-order valence-corrected chi connectivity index (χ2v) is 6.71. The number of pyridine rings is 1. The van der Waals surface area contributed by atoms with Gasteiger partial charge in [0.2, 0.25) is 0 Å². The van der Waals surface area contributed by atoms with Gasteiger partial charge in [0.15, 0.2) is 0 Å². The van der Waals surface area contributed by atoms with E-state index in [4.69, 9.17) is 4.74 Å². The van der Waals surface area contributed by atoms with Crippen LogP contribution in [0.4, 0.5) is 0 Å². The summed E-state index contributed by atoms with van der Waals surface area (Å²) < 4.78 is 6.31. The molecule has 0 aliphatic rings. The Bertz CT molecular complexity index is 775. The van der Waals surface area contributed by atoms with Crippen molar-refractivity contribution in [3.8, 4) is 16.9 Å². The van der Waals surface area contributed by atoms with Gasteiger partial charge in [0.05, 0.1) is 0 Å². The number of ether oxygens (including phenoxy) is 1. The first-order valence-corrected chi connectivity index (χ1v) is 9.02. The summed E-state index contributed by atoms with van der Waals surface area (Å²) in [5.41, 5.74) is 3.33. The van der Waals surface area contributed by atoms with E-state index < -0.39 is 0 Å². The van der Waals surface area contributed by atoms with E-state index in [1.807, 2.05) is 38.4 Å². The zero-order valence-corrected chi connectivity index (χ0v) is 16.3. The fraction of sp³-hybridized carbons (Fsp3) is 0.250. The molecule has 0 unspecified atom stereocenters. The molecule has 0 radical (unpaired) electrons.